The summed E-state index contributed by atoms with van der Waals surface area (Å²) in [5.74, 6) is 1.13. The molecule has 5 rings (SSSR count). The Kier molecular flexibility index (Phi) is 6.05. The smallest absolute Gasteiger partial charge is 0.223 e. The topological polar surface area (TPSA) is 32.8 Å². The molecule has 0 bridgehead atoms. The van der Waals surface area contributed by atoms with Gasteiger partial charge in [0.2, 0.25) is 5.91 Å². The van der Waals surface area contributed by atoms with Crippen LogP contribution in [0.5, 0.6) is 5.75 Å². The van der Waals surface area contributed by atoms with Crippen LogP contribution in [0.2, 0.25) is 0 Å². The second-order valence-corrected chi connectivity index (χ2v) is 9.46. The lowest BCUT2D eigenvalue weighted by Crippen LogP contribution is -2.61. The van der Waals surface area contributed by atoms with Gasteiger partial charge in [0.05, 0.1) is 0 Å². The van der Waals surface area contributed by atoms with E-state index in [4.69, 9.17) is 4.74 Å². The molecule has 2 aliphatic heterocycles. The number of rotatable bonds is 7. The van der Waals surface area contributed by atoms with Crippen molar-refractivity contribution in [2.45, 2.75) is 38.5 Å². The number of nitrogens with zero attached hydrogens (tertiary/aromatic N) is 2. The first-order chi connectivity index (χ1) is 15.2. The van der Waals surface area contributed by atoms with Crippen LogP contribution in [0.25, 0.3) is 0 Å². The summed E-state index contributed by atoms with van der Waals surface area (Å²) in [5.41, 5.74) is 3.82. The van der Waals surface area contributed by atoms with Gasteiger partial charge in [-0.25, -0.2) is 0 Å². The highest BCUT2D eigenvalue weighted by molar-refractivity contribution is 7.10. The average Bonchev–Trinajstić information content (AvgIpc) is 3.25. The Morgan fingerprint density at radius 1 is 1.00 bits per heavy atom. The first-order valence-corrected chi connectivity index (χ1v) is 12.0. The van der Waals surface area contributed by atoms with Crippen LogP contribution in [0, 0.1) is 0 Å². The van der Waals surface area contributed by atoms with Gasteiger partial charge in [-0.05, 0) is 53.1 Å². The molecule has 1 fully saturated rings. The van der Waals surface area contributed by atoms with Crippen molar-refractivity contribution in [1.82, 2.24) is 9.80 Å². The fraction of sp³-hybridized carbons (Fsp3) is 0.346. The van der Waals surface area contributed by atoms with Crippen LogP contribution in [0.4, 0.5) is 0 Å². The lowest BCUT2D eigenvalue weighted by atomic mass is 10.0. The van der Waals surface area contributed by atoms with Crippen molar-refractivity contribution in [2.24, 2.45) is 0 Å². The van der Waals surface area contributed by atoms with Gasteiger partial charge in [-0.2, -0.15) is 0 Å². The molecule has 5 heteroatoms. The SMILES string of the molecule is O=C(CCc1ccc(OCc2ccccc2)cc1)N1CC(N2CCc3sccc3C2)C1. The first kappa shape index (κ1) is 20.3. The van der Waals surface area contributed by atoms with E-state index in [1.165, 1.54) is 11.1 Å². The minimum Gasteiger partial charge on any atom is -0.489 e. The summed E-state index contributed by atoms with van der Waals surface area (Å²) < 4.78 is 5.84. The van der Waals surface area contributed by atoms with E-state index in [0.717, 1.165) is 50.3 Å². The Morgan fingerprint density at radius 3 is 2.61 bits per heavy atom. The largest absolute Gasteiger partial charge is 0.489 e. The van der Waals surface area contributed by atoms with Crippen LogP contribution >= 0.6 is 11.3 Å². The molecule has 160 valence electrons. The van der Waals surface area contributed by atoms with E-state index in [1.807, 2.05) is 46.6 Å². The van der Waals surface area contributed by atoms with Gasteiger partial charge >= 0.3 is 0 Å². The van der Waals surface area contributed by atoms with E-state index < -0.39 is 0 Å². The van der Waals surface area contributed by atoms with Crippen LogP contribution in [-0.4, -0.2) is 41.4 Å². The van der Waals surface area contributed by atoms with Crippen LogP contribution < -0.4 is 4.74 Å². The number of hydrogen-bond acceptors (Lipinski definition) is 4. The Labute approximate surface area is 188 Å². The van der Waals surface area contributed by atoms with Crippen LogP contribution in [-0.2, 0) is 30.8 Å². The van der Waals surface area contributed by atoms with Crippen molar-refractivity contribution in [3.8, 4) is 5.75 Å². The summed E-state index contributed by atoms with van der Waals surface area (Å²) in [7, 11) is 0. The molecule has 2 aliphatic rings. The minimum absolute atomic E-state index is 0.272. The molecule has 3 aromatic rings. The van der Waals surface area contributed by atoms with Gasteiger partial charge in [-0.3, -0.25) is 9.69 Å². The molecule has 0 radical (unpaired) electrons. The van der Waals surface area contributed by atoms with Crippen molar-refractivity contribution in [3.63, 3.8) is 0 Å². The molecule has 4 nitrogen and oxygen atoms in total. The molecular weight excluding hydrogens is 404 g/mol. The zero-order valence-electron chi connectivity index (χ0n) is 17.7. The van der Waals surface area contributed by atoms with E-state index in [1.54, 1.807) is 4.88 Å². The minimum atomic E-state index is 0.272. The van der Waals surface area contributed by atoms with E-state index in [0.29, 0.717) is 19.1 Å². The van der Waals surface area contributed by atoms with E-state index >= 15 is 0 Å². The lowest BCUT2D eigenvalue weighted by Gasteiger charge is -2.46. The van der Waals surface area contributed by atoms with Gasteiger partial charge in [0.15, 0.2) is 0 Å². The zero-order chi connectivity index (χ0) is 21.0. The van der Waals surface area contributed by atoms with E-state index in [-0.39, 0.29) is 5.91 Å². The maximum Gasteiger partial charge on any atom is 0.223 e. The van der Waals surface area contributed by atoms with Crippen molar-refractivity contribution >= 4 is 17.2 Å². The number of ether oxygens (including phenoxy) is 1. The second-order valence-electron chi connectivity index (χ2n) is 8.46. The maximum absolute atomic E-state index is 12.6. The number of fused-ring (bicyclic) bond motifs is 1. The standard InChI is InChI=1S/C26H28N2O2S/c29-26(28-17-23(18-28)27-14-12-25-22(16-27)13-15-31-25)11-8-20-6-9-24(10-7-20)30-19-21-4-2-1-3-5-21/h1-7,9-10,13,15,23H,8,11-12,14,16-19H2. The van der Waals surface area contributed by atoms with Crippen molar-refractivity contribution in [2.75, 3.05) is 19.6 Å². The highest BCUT2D eigenvalue weighted by atomic mass is 32.1. The van der Waals surface area contributed by atoms with Gasteiger partial charge in [-0.1, -0.05) is 42.5 Å². The predicted molar refractivity (Wildman–Crippen MR) is 124 cm³/mol. The summed E-state index contributed by atoms with van der Waals surface area (Å²) in [6.45, 7) is 4.50. The molecule has 1 saturated heterocycles. The van der Waals surface area contributed by atoms with Gasteiger partial charge < -0.3 is 9.64 Å². The maximum atomic E-state index is 12.6. The quantitative estimate of drug-likeness (QED) is 0.550. The number of carbonyl (C=O) groups is 1. The normalized spacial score (nSPS) is 16.6. The summed E-state index contributed by atoms with van der Waals surface area (Å²) in [6.07, 6.45) is 2.51. The number of aryl methyl sites for hydroxylation is 1. The summed E-state index contributed by atoms with van der Waals surface area (Å²) in [4.78, 5) is 18.7. The number of carbonyl (C=O) groups excluding carboxylic acids is 1. The molecule has 0 saturated carbocycles. The average molecular weight is 433 g/mol. The fourth-order valence-electron chi connectivity index (χ4n) is 4.37. The predicted octanol–water partition coefficient (Wildman–Crippen LogP) is 4.53. The molecule has 3 heterocycles. The lowest BCUT2D eigenvalue weighted by molar-refractivity contribution is -0.138. The van der Waals surface area contributed by atoms with E-state index in [9.17, 15) is 4.79 Å². The number of thiophene rings is 1. The summed E-state index contributed by atoms with van der Waals surface area (Å²) in [5, 5.41) is 2.20. The zero-order valence-corrected chi connectivity index (χ0v) is 18.5. The molecule has 1 amide bonds. The fourth-order valence-corrected chi connectivity index (χ4v) is 5.26. The molecule has 1 aromatic heterocycles. The van der Waals surface area contributed by atoms with Gasteiger partial charge in [0.25, 0.3) is 0 Å². The third-order valence-corrected chi connectivity index (χ3v) is 7.39. The number of hydrogen-bond donors (Lipinski definition) is 0. The van der Waals surface area contributed by atoms with Crippen molar-refractivity contribution < 1.29 is 9.53 Å². The van der Waals surface area contributed by atoms with Crippen LogP contribution in [0.3, 0.4) is 0 Å². The number of benzene rings is 2. The highest BCUT2D eigenvalue weighted by Gasteiger charge is 2.35. The Morgan fingerprint density at radius 2 is 1.81 bits per heavy atom. The van der Waals surface area contributed by atoms with Crippen LogP contribution in [0.1, 0.15) is 28.0 Å². The van der Waals surface area contributed by atoms with Gasteiger partial charge in [-0.15, -0.1) is 11.3 Å². The van der Waals surface area contributed by atoms with Gasteiger partial charge in [0.1, 0.15) is 12.4 Å². The molecule has 0 unspecified atom stereocenters. The molecule has 31 heavy (non-hydrogen) atoms. The number of amides is 1. The summed E-state index contributed by atoms with van der Waals surface area (Å²) >= 11 is 1.88. The molecular formula is C26H28N2O2S. The third-order valence-electron chi connectivity index (χ3n) is 6.37. The van der Waals surface area contributed by atoms with Crippen molar-refractivity contribution in [3.05, 3.63) is 87.6 Å². The third kappa shape index (κ3) is 4.83. The molecule has 0 aliphatic carbocycles. The second kappa shape index (κ2) is 9.25. The monoisotopic (exact) mass is 432 g/mol. The molecule has 0 N–H and O–H groups in total. The summed E-state index contributed by atoms with van der Waals surface area (Å²) in [6, 6.07) is 21.1. The molecule has 2 aromatic carbocycles. The Balaban J connectivity index is 1.04. The Bertz CT molecular complexity index is 1010. The number of likely N-dealkylation sites (tertiary alicyclic amines) is 1. The Hall–Kier alpha value is -2.63. The van der Waals surface area contributed by atoms with E-state index in [2.05, 4.69) is 40.6 Å². The van der Waals surface area contributed by atoms with Crippen molar-refractivity contribution in [1.29, 1.82) is 0 Å². The first-order valence-electron chi connectivity index (χ1n) is 11.1. The highest BCUT2D eigenvalue weighted by Crippen LogP contribution is 2.28. The van der Waals surface area contributed by atoms with Gasteiger partial charge in [0, 0.05) is 43.5 Å². The molecule has 0 atom stereocenters. The van der Waals surface area contributed by atoms with Crippen LogP contribution in [0.15, 0.2) is 66.0 Å². The molecule has 0 spiro atoms.